The molecule has 0 aromatic heterocycles. The molecule has 3 rings (SSSR count). The van der Waals surface area contributed by atoms with Crippen LogP contribution in [0.3, 0.4) is 0 Å². The van der Waals surface area contributed by atoms with Crippen LogP contribution in [-0.2, 0) is 6.42 Å². The molecule has 0 aliphatic carbocycles. The van der Waals surface area contributed by atoms with Crippen LogP contribution in [0.2, 0.25) is 0 Å². The minimum Gasteiger partial charge on any atom is -0.338 e. The lowest BCUT2D eigenvalue weighted by Crippen LogP contribution is -2.38. The maximum atomic E-state index is 12.1. The van der Waals surface area contributed by atoms with E-state index < -0.39 is 0 Å². The standard InChI is InChI=1S/C21H22N2O/c1-16(19-13-7-11-18-10-5-6-12-20(18)19)23-21(24)22-15-14-17-8-3-2-4-9-17/h2-13,16H,14-15H2,1H3,(H2,22,23,24)/t16-/m1/s1. The normalized spacial score (nSPS) is 11.9. The molecule has 0 saturated heterocycles. The zero-order valence-corrected chi connectivity index (χ0v) is 13.8. The number of fused-ring (bicyclic) bond motifs is 1. The number of nitrogens with one attached hydrogen (secondary N) is 2. The zero-order valence-electron chi connectivity index (χ0n) is 13.8. The molecule has 0 fully saturated rings. The summed E-state index contributed by atoms with van der Waals surface area (Å²) >= 11 is 0. The number of hydrogen-bond donors (Lipinski definition) is 2. The number of rotatable bonds is 5. The van der Waals surface area contributed by atoms with Crippen LogP contribution in [0.15, 0.2) is 72.8 Å². The Morgan fingerprint density at radius 3 is 2.46 bits per heavy atom. The predicted molar refractivity (Wildman–Crippen MR) is 99.0 cm³/mol. The summed E-state index contributed by atoms with van der Waals surface area (Å²) in [7, 11) is 0. The number of urea groups is 1. The molecule has 0 aliphatic heterocycles. The molecule has 0 radical (unpaired) electrons. The van der Waals surface area contributed by atoms with Gasteiger partial charge in [-0.05, 0) is 35.2 Å². The van der Waals surface area contributed by atoms with Gasteiger partial charge in [0.25, 0.3) is 0 Å². The third-order valence-electron chi connectivity index (χ3n) is 4.18. The van der Waals surface area contributed by atoms with Gasteiger partial charge >= 0.3 is 6.03 Å². The van der Waals surface area contributed by atoms with Crippen molar-refractivity contribution in [2.75, 3.05) is 6.54 Å². The van der Waals surface area contributed by atoms with Crippen molar-refractivity contribution < 1.29 is 4.79 Å². The Morgan fingerprint density at radius 1 is 0.917 bits per heavy atom. The highest BCUT2D eigenvalue weighted by molar-refractivity contribution is 5.86. The van der Waals surface area contributed by atoms with E-state index in [1.54, 1.807) is 0 Å². The minimum atomic E-state index is -0.133. The maximum absolute atomic E-state index is 12.1. The first-order chi connectivity index (χ1) is 11.7. The van der Waals surface area contributed by atoms with E-state index in [1.165, 1.54) is 16.3 Å². The lowest BCUT2D eigenvalue weighted by molar-refractivity contribution is 0.238. The van der Waals surface area contributed by atoms with Gasteiger partial charge in [0.15, 0.2) is 0 Å². The lowest BCUT2D eigenvalue weighted by atomic mass is 10.00. The second kappa shape index (κ2) is 7.64. The van der Waals surface area contributed by atoms with E-state index in [-0.39, 0.29) is 12.1 Å². The predicted octanol–water partition coefficient (Wildman–Crippen LogP) is 4.44. The molecule has 3 nitrogen and oxygen atoms in total. The second-order valence-corrected chi connectivity index (χ2v) is 5.93. The van der Waals surface area contributed by atoms with Crippen molar-refractivity contribution in [1.29, 1.82) is 0 Å². The highest BCUT2D eigenvalue weighted by Crippen LogP contribution is 2.23. The Kier molecular flexibility index (Phi) is 5.12. The van der Waals surface area contributed by atoms with Gasteiger partial charge in [-0.1, -0.05) is 72.8 Å². The first-order valence-electron chi connectivity index (χ1n) is 8.30. The van der Waals surface area contributed by atoms with Gasteiger partial charge in [0.05, 0.1) is 6.04 Å². The third-order valence-corrected chi connectivity index (χ3v) is 4.18. The topological polar surface area (TPSA) is 41.1 Å². The summed E-state index contributed by atoms with van der Waals surface area (Å²) in [5.41, 5.74) is 2.35. The Morgan fingerprint density at radius 2 is 1.62 bits per heavy atom. The first-order valence-corrected chi connectivity index (χ1v) is 8.30. The molecule has 0 unspecified atom stereocenters. The molecule has 2 N–H and O–H groups in total. The molecule has 3 aromatic carbocycles. The van der Waals surface area contributed by atoms with Crippen molar-refractivity contribution in [3.8, 4) is 0 Å². The van der Waals surface area contributed by atoms with Gasteiger partial charge < -0.3 is 10.6 Å². The number of carbonyl (C=O) groups excluding carboxylic acids is 1. The lowest BCUT2D eigenvalue weighted by Gasteiger charge is -2.17. The van der Waals surface area contributed by atoms with E-state index >= 15 is 0 Å². The van der Waals surface area contributed by atoms with Crippen LogP contribution in [0.1, 0.15) is 24.1 Å². The van der Waals surface area contributed by atoms with Crippen LogP contribution in [0.25, 0.3) is 10.8 Å². The molecule has 122 valence electrons. The summed E-state index contributed by atoms with van der Waals surface area (Å²) in [5, 5.41) is 8.32. The van der Waals surface area contributed by atoms with Crippen molar-refractivity contribution >= 4 is 16.8 Å². The Hall–Kier alpha value is -2.81. The molecule has 3 heteroatoms. The van der Waals surface area contributed by atoms with Crippen molar-refractivity contribution in [1.82, 2.24) is 10.6 Å². The molecule has 0 heterocycles. The fraction of sp³-hybridized carbons (Fsp3) is 0.190. The molecular weight excluding hydrogens is 296 g/mol. The number of carbonyl (C=O) groups is 1. The summed E-state index contributed by atoms with van der Waals surface area (Å²) in [6.45, 7) is 2.64. The summed E-state index contributed by atoms with van der Waals surface area (Å²) in [4.78, 5) is 12.1. The van der Waals surface area contributed by atoms with Crippen LogP contribution in [-0.4, -0.2) is 12.6 Å². The van der Waals surface area contributed by atoms with E-state index in [2.05, 4.69) is 47.0 Å². The van der Waals surface area contributed by atoms with Gasteiger partial charge in [-0.15, -0.1) is 0 Å². The van der Waals surface area contributed by atoms with Gasteiger partial charge in [-0.25, -0.2) is 4.79 Å². The average Bonchev–Trinajstić information content (AvgIpc) is 2.62. The van der Waals surface area contributed by atoms with Crippen LogP contribution < -0.4 is 10.6 Å². The van der Waals surface area contributed by atoms with Crippen LogP contribution >= 0.6 is 0 Å². The summed E-state index contributed by atoms with van der Waals surface area (Å²) in [6.07, 6.45) is 0.830. The first kappa shape index (κ1) is 16.1. The van der Waals surface area contributed by atoms with E-state index in [1.807, 2.05) is 43.3 Å². The SMILES string of the molecule is C[C@@H](NC(=O)NCCc1ccccc1)c1cccc2ccccc12. The van der Waals surface area contributed by atoms with Crippen LogP contribution in [0, 0.1) is 0 Å². The molecule has 0 aliphatic rings. The van der Waals surface area contributed by atoms with Crippen molar-refractivity contribution in [2.45, 2.75) is 19.4 Å². The fourth-order valence-corrected chi connectivity index (χ4v) is 2.92. The van der Waals surface area contributed by atoms with E-state index in [9.17, 15) is 4.79 Å². The zero-order chi connectivity index (χ0) is 16.8. The Bertz CT molecular complexity index is 809. The largest absolute Gasteiger partial charge is 0.338 e. The molecular formula is C21H22N2O. The molecule has 2 amide bonds. The minimum absolute atomic E-state index is 0.0483. The summed E-state index contributed by atoms with van der Waals surface area (Å²) in [6, 6.07) is 24.4. The monoisotopic (exact) mass is 318 g/mol. The van der Waals surface area contributed by atoms with Crippen molar-refractivity contribution in [3.63, 3.8) is 0 Å². The van der Waals surface area contributed by atoms with Crippen molar-refractivity contribution in [2.24, 2.45) is 0 Å². The number of benzene rings is 3. The van der Waals surface area contributed by atoms with Gasteiger partial charge in [0, 0.05) is 6.54 Å². The number of hydrogen-bond acceptors (Lipinski definition) is 1. The van der Waals surface area contributed by atoms with Gasteiger partial charge in [0.2, 0.25) is 0 Å². The number of amides is 2. The van der Waals surface area contributed by atoms with Gasteiger partial charge in [-0.3, -0.25) is 0 Å². The quantitative estimate of drug-likeness (QED) is 0.717. The van der Waals surface area contributed by atoms with E-state index in [4.69, 9.17) is 0 Å². The third kappa shape index (κ3) is 3.93. The molecule has 3 aromatic rings. The molecule has 0 saturated carbocycles. The Balaban J connectivity index is 1.57. The average molecular weight is 318 g/mol. The van der Waals surface area contributed by atoms with E-state index in [0.717, 1.165) is 12.0 Å². The Labute approximate surface area is 142 Å². The molecule has 0 spiro atoms. The summed E-state index contributed by atoms with van der Waals surface area (Å²) in [5.74, 6) is 0. The smallest absolute Gasteiger partial charge is 0.315 e. The summed E-state index contributed by atoms with van der Waals surface area (Å²) < 4.78 is 0. The van der Waals surface area contributed by atoms with Crippen LogP contribution in [0.4, 0.5) is 4.79 Å². The molecule has 1 atom stereocenters. The second-order valence-electron chi connectivity index (χ2n) is 5.93. The van der Waals surface area contributed by atoms with Crippen LogP contribution in [0.5, 0.6) is 0 Å². The van der Waals surface area contributed by atoms with Crippen molar-refractivity contribution in [3.05, 3.63) is 83.9 Å². The molecule has 0 bridgehead atoms. The fourth-order valence-electron chi connectivity index (χ4n) is 2.92. The maximum Gasteiger partial charge on any atom is 0.315 e. The van der Waals surface area contributed by atoms with Gasteiger partial charge in [-0.2, -0.15) is 0 Å². The van der Waals surface area contributed by atoms with E-state index in [0.29, 0.717) is 6.54 Å². The van der Waals surface area contributed by atoms with Gasteiger partial charge in [0.1, 0.15) is 0 Å². The highest BCUT2D eigenvalue weighted by atomic mass is 16.2. The molecule has 24 heavy (non-hydrogen) atoms. The highest BCUT2D eigenvalue weighted by Gasteiger charge is 2.11.